The average Bonchev–Trinajstić information content (AvgIpc) is 2.94. The highest BCUT2D eigenvalue weighted by atomic mass is 16.2. The Bertz CT molecular complexity index is 753. The van der Waals surface area contributed by atoms with Gasteiger partial charge in [-0.1, -0.05) is 43.7 Å². The number of carbonyl (C=O) groups is 1. The molecule has 2 aromatic rings. The first-order valence-corrected chi connectivity index (χ1v) is 10.2. The summed E-state index contributed by atoms with van der Waals surface area (Å²) in [5.41, 5.74) is 4.61. The standard InChI is InChI=1S/C22H32N4O/c1-4-13-26-18(3)20(17(2)24-26)15-23-22(27)21-12-8-9-14-25(21)16-19-10-6-5-7-11-19/h5-7,10-11,21H,4,8-9,12-16H2,1-3H3,(H,23,27)/t21-/m0/s1. The van der Waals surface area contributed by atoms with Gasteiger partial charge in [0.1, 0.15) is 0 Å². The molecule has 5 nitrogen and oxygen atoms in total. The van der Waals surface area contributed by atoms with Crippen molar-refractivity contribution in [3.05, 3.63) is 52.8 Å². The third-order valence-corrected chi connectivity index (χ3v) is 5.55. The van der Waals surface area contributed by atoms with E-state index in [0.717, 1.165) is 50.2 Å². The van der Waals surface area contributed by atoms with Crippen LogP contribution in [0.4, 0.5) is 0 Å². The van der Waals surface area contributed by atoms with Crippen molar-refractivity contribution in [1.82, 2.24) is 20.0 Å². The van der Waals surface area contributed by atoms with Crippen LogP contribution in [0.15, 0.2) is 30.3 Å². The largest absolute Gasteiger partial charge is 0.351 e. The number of nitrogens with zero attached hydrogens (tertiary/aromatic N) is 3. The third kappa shape index (κ3) is 4.78. The number of likely N-dealkylation sites (tertiary alicyclic amines) is 1. The molecule has 1 aromatic carbocycles. The highest BCUT2D eigenvalue weighted by Gasteiger charge is 2.28. The number of hydrogen-bond donors (Lipinski definition) is 1. The Hall–Kier alpha value is -2.14. The van der Waals surface area contributed by atoms with Crippen molar-refractivity contribution >= 4 is 5.91 Å². The van der Waals surface area contributed by atoms with Crippen molar-refractivity contribution in [3.8, 4) is 0 Å². The number of carbonyl (C=O) groups excluding carboxylic acids is 1. The van der Waals surface area contributed by atoms with Crippen LogP contribution < -0.4 is 5.32 Å². The Labute approximate surface area is 162 Å². The molecule has 2 heterocycles. The Morgan fingerprint density at radius 2 is 2.00 bits per heavy atom. The smallest absolute Gasteiger partial charge is 0.237 e. The van der Waals surface area contributed by atoms with E-state index in [-0.39, 0.29) is 11.9 Å². The highest BCUT2D eigenvalue weighted by Crippen LogP contribution is 2.20. The maximum absolute atomic E-state index is 12.9. The minimum atomic E-state index is -0.0368. The molecule has 1 amide bonds. The zero-order valence-electron chi connectivity index (χ0n) is 16.9. The first-order chi connectivity index (χ1) is 13.1. The minimum absolute atomic E-state index is 0.0368. The van der Waals surface area contributed by atoms with Crippen molar-refractivity contribution in [2.45, 2.75) is 72.1 Å². The average molecular weight is 369 g/mol. The molecule has 0 bridgehead atoms. The molecule has 5 heteroatoms. The second-order valence-corrected chi connectivity index (χ2v) is 7.56. The van der Waals surface area contributed by atoms with Crippen LogP contribution in [-0.2, 0) is 24.4 Å². The molecule has 1 aliphatic rings. The molecule has 0 unspecified atom stereocenters. The molecule has 0 radical (unpaired) electrons. The molecule has 1 aliphatic heterocycles. The van der Waals surface area contributed by atoms with E-state index >= 15 is 0 Å². The fourth-order valence-electron chi connectivity index (χ4n) is 4.01. The molecule has 27 heavy (non-hydrogen) atoms. The van der Waals surface area contributed by atoms with Crippen LogP contribution in [0.1, 0.15) is 55.1 Å². The lowest BCUT2D eigenvalue weighted by atomic mass is 10.00. The molecule has 1 fully saturated rings. The zero-order chi connectivity index (χ0) is 19.2. The predicted molar refractivity (Wildman–Crippen MR) is 108 cm³/mol. The molecule has 1 atom stereocenters. The SMILES string of the molecule is CCCn1nc(C)c(CNC(=O)[C@@H]2CCCCN2Cc2ccccc2)c1C. The number of aryl methyl sites for hydroxylation is 2. The molecule has 0 spiro atoms. The van der Waals surface area contributed by atoms with E-state index in [9.17, 15) is 4.79 Å². The fourth-order valence-corrected chi connectivity index (χ4v) is 4.01. The van der Waals surface area contributed by atoms with Crippen LogP contribution in [0.5, 0.6) is 0 Å². The third-order valence-electron chi connectivity index (χ3n) is 5.55. The molecule has 1 aromatic heterocycles. The van der Waals surface area contributed by atoms with Gasteiger partial charge in [-0.05, 0) is 45.2 Å². The summed E-state index contributed by atoms with van der Waals surface area (Å²) < 4.78 is 2.05. The normalized spacial score (nSPS) is 17.8. The molecule has 0 saturated carbocycles. The van der Waals surface area contributed by atoms with Crippen LogP contribution in [0.2, 0.25) is 0 Å². The maximum Gasteiger partial charge on any atom is 0.237 e. The summed E-state index contributed by atoms with van der Waals surface area (Å²) in [6.45, 7) is 9.60. The summed E-state index contributed by atoms with van der Waals surface area (Å²) in [6.07, 6.45) is 4.28. The fraction of sp³-hybridized carbons (Fsp3) is 0.545. The minimum Gasteiger partial charge on any atom is -0.351 e. The van der Waals surface area contributed by atoms with E-state index in [2.05, 4.69) is 58.1 Å². The topological polar surface area (TPSA) is 50.2 Å². The summed E-state index contributed by atoms with van der Waals surface area (Å²) in [4.78, 5) is 15.3. The molecule has 1 saturated heterocycles. The summed E-state index contributed by atoms with van der Waals surface area (Å²) in [5.74, 6) is 0.146. The van der Waals surface area contributed by atoms with Gasteiger partial charge in [-0.2, -0.15) is 5.10 Å². The second-order valence-electron chi connectivity index (χ2n) is 7.56. The molecule has 146 valence electrons. The number of aromatic nitrogens is 2. The van der Waals surface area contributed by atoms with Gasteiger partial charge in [0, 0.05) is 30.9 Å². The van der Waals surface area contributed by atoms with E-state index in [0.29, 0.717) is 6.54 Å². The van der Waals surface area contributed by atoms with Gasteiger partial charge in [0.25, 0.3) is 0 Å². The number of rotatable bonds is 7. The summed E-state index contributed by atoms with van der Waals surface area (Å²) >= 11 is 0. The van der Waals surface area contributed by atoms with Crippen molar-refractivity contribution < 1.29 is 4.79 Å². The Morgan fingerprint density at radius 1 is 1.22 bits per heavy atom. The molecular weight excluding hydrogens is 336 g/mol. The van der Waals surface area contributed by atoms with E-state index in [1.54, 1.807) is 0 Å². The number of amides is 1. The van der Waals surface area contributed by atoms with Crippen LogP contribution in [0.3, 0.4) is 0 Å². The number of nitrogens with one attached hydrogen (secondary N) is 1. The van der Waals surface area contributed by atoms with Crippen LogP contribution in [0, 0.1) is 13.8 Å². The van der Waals surface area contributed by atoms with Gasteiger partial charge in [0.2, 0.25) is 5.91 Å². The number of benzene rings is 1. The lowest BCUT2D eigenvalue weighted by molar-refractivity contribution is -0.128. The maximum atomic E-state index is 12.9. The van der Waals surface area contributed by atoms with E-state index in [4.69, 9.17) is 0 Å². The van der Waals surface area contributed by atoms with Crippen molar-refractivity contribution in [2.24, 2.45) is 0 Å². The van der Waals surface area contributed by atoms with Crippen LogP contribution in [0.25, 0.3) is 0 Å². The van der Waals surface area contributed by atoms with Gasteiger partial charge >= 0.3 is 0 Å². The Balaban J connectivity index is 1.64. The summed E-state index contributed by atoms with van der Waals surface area (Å²) in [5, 5.41) is 7.80. The van der Waals surface area contributed by atoms with Gasteiger partial charge in [-0.3, -0.25) is 14.4 Å². The Morgan fingerprint density at radius 3 is 2.74 bits per heavy atom. The highest BCUT2D eigenvalue weighted by molar-refractivity contribution is 5.81. The molecule has 3 rings (SSSR count). The second kappa shape index (κ2) is 9.18. The van der Waals surface area contributed by atoms with E-state index in [1.807, 2.05) is 13.0 Å². The van der Waals surface area contributed by atoms with E-state index in [1.165, 1.54) is 17.7 Å². The van der Waals surface area contributed by atoms with Gasteiger partial charge in [0.15, 0.2) is 0 Å². The lowest BCUT2D eigenvalue weighted by Crippen LogP contribution is -2.48. The molecule has 1 N–H and O–H groups in total. The number of hydrogen-bond acceptors (Lipinski definition) is 3. The van der Waals surface area contributed by atoms with Crippen molar-refractivity contribution in [1.29, 1.82) is 0 Å². The van der Waals surface area contributed by atoms with Crippen LogP contribution in [-0.4, -0.2) is 33.2 Å². The van der Waals surface area contributed by atoms with Crippen LogP contribution >= 0.6 is 0 Å². The van der Waals surface area contributed by atoms with Gasteiger partial charge in [0.05, 0.1) is 11.7 Å². The number of piperidine rings is 1. The predicted octanol–water partition coefficient (Wildman–Crippen LogP) is 3.58. The first-order valence-electron chi connectivity index (χ1n) is 10.2. The monoisotopic (exact) mass is 368 g/mol. The Kier molecular flexibility index (Phi) is 6.67. The van der Waals surface area contributed by atoms with Crippen molar-refractivity contribution in [2.75, 3.05) is 6.54 Å². The molecular formula is C22H32N4O. The van der Waals surface area contributed by atoms with E-state index < -0.39 is 0 Å². The summed E-state index contributed by atoms with van der Waals surface area (Å²) in [7, 11) is 0. The van der Waals surface area contributed by atoms with Gasteiger partial charge in [-0.15, -0.1) is 0 Å². The summed E-state index contributed by atoms with van der Waals surface area (Å²) in [6, 6.07) is 10.4. The van der Waals surface area contributed by atoms with Crippen molar-refractivity contribution in [3.63, 3.8) is 0 Å². The van der Waals surface area contributed by atoms with Gasteiger partial charge in [-0.25, -0.2) is 0 Å². The first kappa shape index (κ1) is 19.6. The lowest BCUT2D eigenvalue weighted by Gasteiger charge is -2.34. The molecule has 0 aliphatic carbocycles. The quantitative estimate of drug-likeness (QED) is 0.813. The zero-order valence-corrected chi connectivity index (χ0v) is 16.9. The van der Waals surface area contributed by atoms with Gasteiger partial charge < -0.3 is 5.32 Å².